The lowest BCUT2D eigenvalue weighted by Gasteiger charge is -2.26. The van der Waals surface area contributed by atoms with Gasteiger partial charge < -0.3 is 15.8 Å². The first-order valence-corrected chi connectivity index (χ1v) is 7.16. The van der Waals surface area contributed by atoms with Gasteiger partial charge in [-0.1, -0.05) is 32.9 Å². The van der Waals surface area contributed by atoms with E-state index in [0.717, 1.165) is 5.75 Å². The van der Waals surface area contributed by atoms with Crippen LogP contribution in [0.15, 0.2) is 24.3 Å². The van der Waals surface area contributed by atoms with Crippen LogP contribution in [0.3, 0.4) is 0 Å². The number of ether oxygens (including phenoxy) is 1. The average Bonchev–Trinajstić information content (AvgIpc) is 2.39. The molecule has 0 bridgehead atoms. The van der Waals surface area contributed by atoms with E-state index in [9.17, 15) is 4.79 Å². The Morgan fingerprint density at radius 3 is 2.70 bits per heavy atom. The van der Waals surface area contributed by atoms with E-state index in [1.165, 1.54) is 5.56 Å². The maximum Gasteiger partial charge on any atom is 0.237 e. The van der Waals surface area contributed by atoms with Gasteiger partial charge in [-0.2, -0.15) is 0 Å². The zero-order valence-corrected chi connectivity index (χ0v) is 12.9. The van der Waals surface area contributed by atoms with Gasteiger partial charge >= 0.3 is 0 Å². The Balaban J connectivity index is 2.59. The first-order valence-electron chi connectivity index (χ1n) is 7.16. The summed E-state index contributed by atoms with van der Waals surface area (Å²) < 4.78 is 5.74. The van der Waals surface area contributed by atoms with Gasteiger partial charge in [0.1, 0.15) is 5.75 Å². The van der Waals surface area contributed by atoms with E-state index in [4.69, 9.17) is 10.5 Å². The molecule has 20 heavy (non-hydrogen) atoms. The van der Waals surface area contributed by atoms with E-state index in [1.54, 1.807) is 0 Å². The highest BCUT2D eigenvalue weighted by atomic mass is 16.5. The summed E-state index contributed by atoms with van der Waals surface area (Å²) in [4.78, 5) is 11.5. The van der Waals surface area contributed by atoms with Crippen LogP contribution in [-0.2, 0) is 4.79 Å². The zero-order valence-electron chi connectivity index (χ0n) is 12.9. The van der Waals surface area contributed by atoms with Crippen LogP contribution in [0.2, 0.25) is 0 Å². The number of nitrogens with two attached hydrogens (primary N) is 1. The molecule has 0 aliphatic heterocycles. The molecule has 0 heterocycles. The second-order valence-corrected chi connectivity index (χ2v) is 5.55. The van der Waals surface area contributed by atoms with E-state index in [2.05, 4.69) is 25.2 Å². The SMILES string of the molecule is CCNC(C)(CCOc1cccc(C(C)C)c1)C(N)=O. The van der Waals surface area contributed by atoms with Crippen molar-refractivity contribution >= 4 is 5.91 Å². The maximum atomic E-state index is 11.5. The molecule has 0 aliphatic rings. The van der Waals surface area contributed by atoms with Crippen molar-refractivity contribution < 1.29 is 9.53 Å². The van der Waals surface area contributed by atoms with Gasteiger partial charge in [-0.3, -0.25) is 4.79 Å². The number of amides is 1. The normalized spacial score (nSPS) is 14.1. The fourth-order valence-corrected chi connectivity index (χ4v) is 2.03. The minimum atomic E-state index is -0.718. The number of primary amides is 1. The molecule has 1 aromatic carbocycles. The molecule has 0 saturated heterocycles. The summed E-state index contributed by atoms with van der Waals surface area (Å²) in [5.74, 6) is 0.953. The van der Waals surface area contributed by atoms with Gasteiger partial charge in [-0.05, 0) is 37.1 Å². The highest BCUT2D eigenvalue weighted by Gasteiger charge is 2.29. The van der Waals surface area contributed by atoms with E-state index in [0.29, 0.717) is 25.5 Å². The molecule has 0 radical (unpaired) electrons. The fourth-order valence-electron chi connectivity index (χ4n) is 2.03. The number of rotatable bonds is 8. The Labute approximate surface area is 121 Å². The Morgan fingerprint density at radius 2 is 2.15 bits per heavy atom. The summed E-state index contributed by atoms with van der Waals surface area (Å²) in [6.45, 7) is 9.21. The van der Waals surface area contributed by atoms with Crippen LogP contribution in [0.1, 0.15) is 45.6 Å². The van der Waals surface area contributed by atoms with Crippen LogP contribution in [0.4, 0.5) is 0 Å². The first kappa shape index (κ1) is 16.5. The van der Waals surface area contributed by atoms with E-state index >= 15 is 0 Å². The van der Waals surface area contributed by atoms with Gasteiger partial charge in [0.15, 0.2) is 0 Å². The molecule has 1 aromatic rings. The number of carbonyl (C=O) groups is 1. The van der Waals surface area contributed by atoms with Gasteiger partial charge in [0.25, 0.3) is 0 Å². The Bertz CT molecular complexity index is 446. The van der Waals surface area contributed by atoms with E-state index in [1.807, 2.05) is 32.0 Å². The summed E-state index contributed by atoms with van der Waals surface area (Å²) in [6.07, 6.45) is 0.544. The second kappa shape index (κ2) is 7.29. The smallest absolute Gasteiger partial charge is 0.237 e. The van der Waals surface area contributed by atoms with Crippen molar-refractivity contribution in [1.29, 1.82) is 0 Å². The number of benzene rings is 1. The molecule has 0 saturated carbocycles. The molecular weight excluding hydrogens is 252 g/mol. The molecule has 4 heteroatoms. The summed E-state index contributed by atoms with van der Waals surface area (Å²) in [7, 11) is 0. The molecule has 1 atom stereocenters. The number of nitrogens with one attached hydrogen (secondary N) is 1. The lowest BCUT2D eigenvalue weighted by molar-refractivity contribution is -0.124. The maximum absolute atomic E-state index is 11.5. The van der Waals surface area contributed by atoms with Gasteiger partial charge in [-0.25, -0.2) is 0 Å². The molecule has 3 N–H and O–H groups in total. The van der Waals surface area contributed by atoms with Crippen molar-refractivity contribution in [1.82, 2.24) is 5.32 Å². The quantitative estimate of drug-likeness (QED) is 0.767. The minimum Gasteiger partial charge on any atom is -0.494 e. The van der Waals surface area contributed by atoms with Crippen LogP contribution in [-0.4, -0.2) is 24.6 Å². The van der Waals surface area contributed by atoms with Crippen LogP contribution in [0.25, 0.3) is 0 Å². The van der Waals surface area contributed by atoms with Crippen molar-refractivity contribution in [2.45, 2.75) is 45.6 Å². The summed E-state index contributed by atoms with van der Waals surface area (Å²) in [5, 5.41) is 3.12. The summed E-state index contributed by atoms with van der Waals surface area (Å²) in [6, 6.07) is 8.05. The number of carbonyl (C=O) groups excluding carboxylic acids is 1. The van der Waals surface area contributed by atoms with Gasteiger partial charge in [0.05, 0.1) is 12.1 Å². The third-order valence-corrected chi connectivity index (χ3v) is 3.51. The molecule has 0 aliphatic carbocycles. The van der Waals surface area contributed by atoms with Crippen molar-refractivity contribution in [3.05, 3.63) is 29.8 Å². The van der Waals surface area contributed by atoms with E-state index < -0.39 is 5.54 Å². The zero-order chi connectivity index (χ0) is 15.2. The van der Waals surface area contributed by atoms with Gasteiger partial charge in [0, 0.05) is 6.42 Å². The van der Waals surface area contributed by atoms with Crippen LogP contribution in [0.5, 0.6) is 5.75 Å². The minimum absolute atomic E-state index is 0.348. The van der Waals surface area contributed by atoms with Gasteiger partial charge in [-0.15, -0.1) is 0 Å². The van der Waals surface area contributed by atoms with Crippen molar-refractivity contribution in [3.8, 4) is 5.75 Å². The van der Waals surface area contributed by atoms with Gasteiger partial charge in [0.2, 0.25) is 5.91 Å². The van der Waals surface area contributed by atoms with Crippen molar-refractivity contribution in [2.24, 2.45) is 5.73 Å². The molecular formula is C16H26N2O2. The number of hydrogen-bond donors (Lipinski definition) is 2. The third kappa shape index (κ3) is 4.53. The first-order chi connectivity index (χ1) is 9.39. The lowest BCUT2D eigenvalue weighted by atomic mass is 9.97. The highest BCUT2D eigenvalue weighted by Crippen LogP contribution is 2.20. The molecule has 0 aromatic heterocycles. The van der Waals surface area contributed by atoms with Crippen molar-refractivity contribution in [3.63, 3.8) is 0 Å². The summed E-state index contributed by atoms with van der Waals surface area (Å²) >= 11 is 0. The summed E-state index contributed by atoms with van der Waals surface area (Å²) in [5.41, 5.74) is 5.97. The molecule has 0 spiro atoms. The molecule has 4 nitrogen and oxygen atoms in total. The van der Waals surface area contributed by atoms with E-state index in [-0.39, 0.29) is 5.91 Å². The Hall–Kier alpha value is -1.55. The molecule has 1 unspecified atom stereocenters. The monoisotopic (exact) mass is 278 g/mol. The predicted molar refractivity (Wildman–Crippen MR) is 81.9 cm³/mol. The largest absolute Gasteiger partial charge is 0.494 e. The standard InChI is InChI=1S/C16H26N2O2/c1-5-18-16(4,15(17)19)9-10-20-14-8-6-7-13(11-14)12(2)3/h6-8,11-12,18H,5,9-10H2,1-4H3,(H2,17,19). The highest BCUT2D eigenvalue weighted by molar-refractivity contribution is 5.84. The topological polar surface area (TPSA) is 64.3 Å². The van der Waals surface area contributed by atoms with Crippen molar-refractivity contribution in [2.75, 3.05) is 13.2 Å². The molecule has 112 valence electrons. The fraction of sp³-hybridized carbons (Fsp3) is 0.562. The molecule has 1 rings (SSSR count). The predicted octanol–water partition coefficient (Wildman–Crippen LogP) is 2.43. The Morgan fingerprint density at radius 1 is 1.45 bits per heavy atom. The van der Waals surface area contributed by atoms with Crippen LogP contribution < -0.4 is 15.8 Å². The van der Waals surface area contributed by atoms with Crippen LogP contribution in [0, 0.1) is 0 Å². The Kier molecular flexibility index (Phi) is 6.02. The number of likely N-dealkylation sites (N-methyl/N-ethyl adjacent to an activating group) is 1. The van der Waals surface area contributed by atoms with Crippen LogP contribution >= 0.6 is 0 Å². The second-order valence-electron chi connectivity index (χ2n) is 5.55. The molecule has 0 fully saturated rings. The lowest BCUT2D eigenvalue weighted by Crippen LogP contribution is -2.53. The average molecular weight is 278 g/mol. The number of hydrogen-bond acceptors (Lipinski definition) is 3. The third-order valence-electron chi connectivity index (χ3n) is 3.51. The molecule has 1 amide bonds.